The highest BCUT2D eigenvalue weighted by atomic mass is 16.2. The molecule has 1 atom stereocenters. The number of nitrogens with one attached hydrogen (secondary N) is 2. The zero-order valence-corrected chi connectivity index (χ0v) is 11.0. The van der Waals surface area contributed by atoms with Crippen LogP contribution in [0.1, 0.15) is 60.8 Å². The first kappa shape index (κ1) is 11.8. The maximum absolute atomic E-state index is 12.2. The molecule has 0 aromatic carbocycles. The molecule has 1 fully saturated rings. The summed E-state index contributed by atoms with van der Waals surface area (Å²) in [4.78, 5) is 12.2. The third kappa shape index (κ3) is 2.16. The van der Waals surface area contributed by atoms with Gasteiger partial charge in [0.2, 0.25) is 0 Å². The van der Waals surface area contributed by atoms with E-state index in [1.807, 2.05) is 0 Å². The lowest BCUT2D eigenvalue weighted by atomic mass is 9.87. The van der Waals surface area contributed by atoms with Crippen molar-refractivity contribution in [1.29, 1.82) is 0 Å². The number of carbonyl (C=O) groups excluding carboxylic acids is 1. The lowest BCUT2D eigenvalue weighted by molar-refractivity contribution is 0.0931. The third-order valence-electron chi connectivity index (χ3n) is 4.30. The van der Waals surface area contributed by atoms with Crippen molar-refractivity contribution in [3.05, 3.63) is 17.0 Å². The fraction of sp³-hybridized carbons (Fsp3) is 0.714. The second-order valence-electron chi connectivity index (χ2n) is 5.83. The Balaban J connectivity index is 1.75. The third-order valence-corrected chi connectivity index (χ3v) is 4.30. The molecule has 0 spiro atoms. The molecule has 2 aliphatic rings. The molecule has 4 heteroatoms. The highest BCUT2D eigenvalue weighted by molar-refractivity contribution is 5.94. The molecule has 2 N–H and O–H groups in total. The van der Waals surface area contributed by atoms with Crippen LogP contribution in [0.4, 0.5) is 0 Å². The standard InChI is InChI=1S/C14H21N3O/c1-9-6-7-12-11(8-9)13(17-16-12)14(18)15-10-4-2-3-5-10/h9-10H,2-8H2,1H3,(H,15,18)(H,16,17). The van der Waals surface area contributed by atoms with E-state index in [0.29, 0.717) is 17.7 Å². The highest BCUT2D eigenvalue weighted by Crippen LogP contribution is 2.26. The highest BCUT2D eigenvalue weighted by Gasteiger charge is 2.26. The van der Waals surface area contributed by atoms with Crippen molar-refractivity contribution in [2.45, 2.75) is 57.9 Å². The lowest BCUT2D eigenvalue weighted by Gasteiger charge is -2.18. The van der Waals surface area contributed by atoms with E-state index in [1.54, 1.807) is 0 Å². The first-order valence-corrected chi connectivity index (χ1v) is 7.11. The molecule has 1 heterocycles. The maximum atomic E-state index is 12.2. The average molecular weight is 247 g/mol. The Morgan fingerprint density at radius 3 is 2.89 bits per heavy atom. The summed E-state index contributed by atoms with van der Waals surface area (Å²) >= 11 is 0. The summed E-state index contributed by atoms with van der Waals surface area (Å²) in [6.07, 6.45) is 7.92. The molecule has 4 nitrogen and oxygen atoms in total. The fourth-order valence-electron chi connectivity index (χ4n) is 3.18. The topological polar surface area (TPSA) is 57.8 Å². The molecule has 3 rings (SSSR count). The predicted octanol–water partition coefficient (Wildman–Crippen LogP) is 2.21. The molecular formula is C14H21N3O. The minimum Gasteiger partial charge on any atom is -0.348 e. The Morgan fingerprint density at radius 1 is 1.33 bits per heavy atom. The number of hydrogen-bond donors (Lipinski definition) is 2. The molecule has 1 aromatic heterocycles. The maximum Gasteiger partial charge on any atom is 0.272 e. The number of fused-ring (bicyclic) bond motifs is 1. The summed E-state index contributed by atoms with van der Waals surface area (Å²) in [5, 5.41) is 10.4. The van der Waals surface area contributed by atoms with Gasteiger partial charge >= 0.3 is 0 Å². The van der Waals surface area contributed by atoms with Gasteiger partial charge in [-0.3, -0.25) is 9.89 Å². The van der Waals surface area contributed by atoms with Gasteiger partial charge in [-0.15, -0.1) is 0 Å². The van der Waals surface area contributed by atoms with Gasteiger partial charge in [-0.25, -0.2) is 0 Å². The minimum absolute atomic E-state index is 0.0218. The first-order valence-electron chi connectivity index (χ1n) is 7.11. The van der Waals surface area contributed by atoms with E-state index < -0.39 is 0 Å². The molecule has 18 heavy (non-hydrogen) atoms. The molecule has 98 valence electrons. The van der Waals surface area contributed by atoms with Crippen LogP contribution in [0.25, 0.3) is 0 Å². The van der Waals surface area contributed by atoms with Crippen molar-refractivity contribution < 1.29 is 4.79 Å². The van der Waals surface area contributed by atoms with Crippen LogP contribution in [-0.4, -0.2) is 22.1 Å². The minimum atomic E-state index is 0.0218. The molecule has 0 aliphatic heterocycles. The summed E-state index contributed by atoms with van der Waals surface area (Å²) in [5.74, 6) is 0.682. The Hall–Kier alpha value is -1.32. The summed E-state index contributed by atoms with van der Waals surface area (Å²) < 4.78 is 0. The van der Waals surface area contributed by atoms with E-state index in [0.717, 1.165) is 31.2 Å². The number of rotatable bonds is 2. The van der Waals surface area contributed by atoms with Gasteiger partial charge in [0.15, 0.2) is 5.69 Å². The monoisotopic (exact) mass is 247 g/mol. The fourth-order valence-corrected chi connectivity index (χ4v) is 3.18. The second kappa shape index (κ2) is 4.75. The number of H-pyrrole nitrogens is 1. The largest absolute Gasteiger partial charge is 0.348 e. The van der Waals surface area contributed by atoms with Gasteiger partial charge < -0.3 is 5.32 Å². The number of nitrogens with zero attached hydrogens (tertiary/aromatic N) is 1. The Bertz CT molecular complexity index is 446. The van der Waals surface area contributed by atoms with Gasteiger partial charge in [-0.1, -0.05) is 19.8 Å². The van der Waals surface area contributed by atoms with Crippen LogP contribution in [0.15, 0.2) is 0 Å². The molecule has 1 saturated carbocycles. The van der Waals surface area contributed by atoms with E-state index in [9.17, 15) is 4.79 Å². The number of aromatic nitrogens is 2. The number of hydrogen-bond acceptors (Lipinski definition) is 2. The van der Waals surface area contributed by atoms with Gasteiger partial charge in [0.05, 0.1) is 0 Å². The lowest BCUT2D eigenvalue weighted by Crippen LogP contribution is -2.33. The number of amides is 1. The van der Waals surface area contributed by atoms with Crippen LogP contribution in [0.3, 0.4) is 0 Å². The van der Waals surface area contributed by atoms with Crippen LogP contribution in [0, 0.1) is 5.92 Å². The normalized spacial score (nSPS) is 23.9. The Morgan fingerprint density at radius 2 is 2.11 bits per heavy atom. The van der Waals surface area contributed by atoms with Gasteiger partial charge in [0.25, 0.3) is 5.91 Å². The smallest absolute Gasteiger partial charge is 0.272 e. The predicted molar refractivity (Wildman–Crippen MR) is 69.5 cm³/mol. The SMILES string of the molecule is CC1CCc2[nH]nc(C(=O)NC3CCCC3)c2C1. The van der Waals surface area contributed by atoms with E-state index >= 15 is 0 Å². The van der Waals surface area contributed by atoms with E-state index in [-0.39, 0.29) is 5.91 Å². The Kier molecular flexibility index (Phi) is 3.10. The van der Waals surface area contributed by atoms with E-state index in [2.05, 4.69) is 22.4 Å². The van der Waals surface area contributed by atoms with Crippen molar-refractivity contribution in [3.8, 4) is 0 Å². The Labute approximate surface area is 108 Å². The molecule has 1 amide bonds. The van der Waals surface area contributed by atoms with Gasteiger partial charge in [0.1, 0.15) is 0 Å². The molecule has 1 aromatic rings. The van der Waals surface area contributed by atoms with Crippen molar-refractivity contribution in [2.75, 3.05) is 0 Å². The number of aryl methyl sites for hydroxylation is 1. The molecule has 1 unspecified atom stereocenters. The zero-order chi connectivity index (χ0) is 12.5. The van der Waals surface area contributed by atoms with Gasteiger partial charge in [-0.2, -0.15) is 5.10 Å². The molecule has 0 saturated heterocycles. The summed E-state index contributed by atoms with van der Waals surface area (Å²) in [5.41, 5.74) is 2.97. The van der Waals surface area contributed by atoms with Crippen LogP contribution in [0.2, 0.25) is 0 Å². The summed E-state index contributed by atoms with van der Waals surface area (Å²) in [7, 11) is 0. The van der Waals surface area contributed by atoms with Crippen LogP contribution in [0.5, 0.6) is 0 Å². The molecule has 0 bridgehead atoms. The van der Waals surface area contributed by atoms with Gasteiger partial charge in [-0.05, 0) is 38.0 Å². The quantitative estimate of drug-likeness (QED) is 0.841. The van der Waals surface area contributed by atoms with Gasteiger partial charge in [0, 0.05) is 17.3 Å². The summed E-state index contributed by atoms with van der Waals surface area (Å²) in [6.45, 7) is 2.24. The second-order valence-corrected chi connectivity index (χ2v) is 5.83. The average Bonchev–Trinajstić information content (AvgIpc) is 2.97. The van der Waals surface area contributed by atoms with E-state index in [1.165, 1.54) is 25.0 Å². The van der Waals surface area contributed by atoms with Crippen LogP contribution < -0.4 is 5.32 Å². The number of aromatic amines is 1. The first-order chi connectivity index (χ1) is 8.74. The summed E-state index contributed by atoms with van der Waals surface area (Å²) in [6, 6.07) is 0.367. The van der Waals surface area contributed by atoms with E-state index in [4.69, 9.17) is 0 Å². The van der Waals surface area contributed by atoms with Crippen molar-refractivity contribution in [2.24, 2.45) is 5.92 Å². The van der Waals surface area contributed by atoms with Crippen molar-refractivity contribution >= 4 is 5.91 Å². The molecular weight excluding hydrogens is 226 g/mol. The van der Waals surface area contributed by atoms with Crippen LogP contribution >= 0.6 is 0 Å². The van der Waals surface area contributed by atoms with Crippen molar-refractivity contribution in [1.82, 2.24) is 15.5 Å². The van der Waals surface area contributed by atoms with Crippen molar-refractivity contribution in [3.63, 3.8) is 0 Å². The van der Waals surface area contributed by atoms with Crippen LogP contribution in [-0.2, 0) is 12.8 Å². The molecule has 2 aliphatic carbocycles. The number of carbonyl (C=O) groups is 1. The molecule has 0 radical (unpaired) electrons. The zero-order valence-electron chi connectivity index (χ0n) is 11.0.